The Morgan fingerprint density at radius 3 is 2.55 bits per heavy atom. The van der Waals surface area contributed by atoms with Gasteiger partial charge in [0.15, 0.2) is 5.96 Å². The Bertz CT molecular complexity index is 524. The maximum absolute atomic E-state index is 12.1. The molecule has 1 atom stereocenters. The summed E-state index contributed by atoms with van der Waals surface area (Å²) in [7, 11) is 0. The molecule has 1 amide bonds. The van der Waals surface area contributed by atoms with Gasteiger partial charge in [-0.05, 0) is 30.5 Å². The van der Waals surface area contributed by atoms with Gasteiger partial charge in [0.1, 0.15) is 5.54 Å². The lowest BCUT2D eigenvalue weighted by Crippen LogP contribution is -2.45. The molecule has 0 aliphatic carbocycles. The summed E-state index contributed by atoms with van der Waals surface area (Å²) in [6.07, 6.45) is 0.594. The van der Waals surface area contributed by atoms with Crippen LogP contribution in [0.25, 0.3) is 0 Å². The van der Waals surface area contributed by atoms with Crippen LogP contribution in [-0.4, -0.2) is 24.0 Å². The summed E-state index contributed by atoms with van der Waals surface area (Å²) >= 11 is 5.87. The molecule has 1 aliphatic rings. The van der Waals surface area contributed by atoms with Crippen LogP contribution in [0.5, 0.6) is 0 Å². The molecule has 108 valence electrons. The Hall–Kier alpha value is -1.55. The molecule has 1 saturated heterocycles. The number of nitrogens with one attached hydrogen (secondary N) is 2. The van der Waals surface area contributed by atoms with Crippen LogP contribution in [0.2, 0.25) is 5.02 Å². The van der Waals surface area contributed by atoms with Crippen molar-refractivity contribution < 1.29 is 4.79 Å². The largest absolute Gasteiger partial charge is 0.342 e. The van der Waals surface area contributed by atoms with Crippen molar-refractivity contribution >= 4 is 23.5 Å². The van der Waals surface area contributed by atoms with Crippen molar-refractivity contribution in [2.45, 2.75) is 32.7 Å². The Balaban J connectivity index is 2.08. The van der Waals surface area contributed by atoms with Crippen LogP contribution in [0, 0.1) is 5.92 Å². The molecule has 1 aromatic carbocycles. The van der Waals surface area contributed by atoms with Crippen molar-refractivity contribution in [1.29, 1.82) is 0 Å². The molecular weight excluding hydrogens is 274 g/mol. The minimum atomic E-state index is -0.663. The van der Waals surface area contributed by atoms with Crippen LogP contribution in [0.4, 0.5) is 0 Å². The maximum Gasteiger partial charge on any atom is 0.252 e. The number of aliphatic imine (C=N–C) groups is 1. The predicted molar refractivity (Wildman–Crippen MR) is 82.0 cm³/mol. The van der Waals surface area contributed by atoms with Crippen LogP contribution in [0.15, 0.2) is 29.3 Å². The average Bonchev–Trinajstić information content (AvgIpc) is 2.65. The van der Waals surface area contributed by atoms with Crippen LogP contribution >= 0.6 is 11.6 Å². The summed E-state index contributed by atoms with van der Waals surface area (Å²) in [6.45, 7) is 6.76. The molecule has 1 fully saturated rings. The third-order valence-corrected chi connectivity index (χ3v) is 3.46. The van der Waals surface area contributed by atoms with Gasteiger partial charge >= 0.3 is 0 Å². The third-order valence-electron chi connectivity index (χ3n) is 3.21. The Labute approximate surface area is 124 Å². The number of hydrogen-bond acceptors (Lipinski definition) is 2. The molecule has 1 unspecified atom stereocenters. The Morgan fingerprint density at radius 2 is 1.95 bits per heavy atom. The van der Waals surface area contributed by atoms with Crippen molar-refractivity contribution in [2.75, 3.05) is 6.54 Å². The zero-order valence-electron chi connectivity index (χ0n) is 12.0. The zero-order chi connectivity index (χ0) is 14.8. The van der Waals surface area contributed by atoms with Gasteiger partial charge in [0.2, 0.25) is 0 Å². The van der Waals surface area contributed by atoms with E-state index in [0.717, 1.165) is 5.56 Å². The second kappa shape index (κ2) is 5.83. The van der Waals surface area contributed by atoms with Gasteiger partial charge in [0.05, 0.1) is 0 Å². The van der Waals surface area contributed by atoms with Gasteiger partial charge in [-0.25, -0.2) is 0 Å². The molecule has 1 aliphatic heterocycles. The van der Waals surface area contributed by atoms with E-state index in [1.54, 1.807) is 0 Å². The van der Waals surface area contributed by atoms with E-state index in [4.69, 9.17) is 11.6 Å². The van der Waals surface area contributed by atoms with Crippen molar-refractivity contribution in [2.24, 2.45) is 10.9 Å². The van der Waals surface area contributed by atoms with E-state index >= 15 is 0 Å². The number of benzene rings is 1. The molecule has 0 aromatic heterocycles. The average molecular weight is 294 g/mol. The number of nitrogens with zero attached hydrogens (tertiary/aromatic N) is 1. The molecule has 0 radical (unpaired) electrons. The SMILES string of the molecule is CC(C)CN=C1NC(=O)C(C)(Cc2ccc(Cl)cc2)N1. The number of rotatable bonds is 4. The highest BCUT2D eigenvalue weighted by Gasteiger charge is 2.40. The minimum Gasteiger partial charge on any atom is -0.342 e. The molecule has 1 heterocycles. The summed E-state index contributed by atoms with van der Waals surface area (Å²) in [4.78, 5) is 16.5. The highest BCUT2D eigenvalue weighted by Crippen LogP contribution is 2.19. The molecule has 20 heavy (non-hydrogen) atoms. The van der Waals surface area contributed by atoms with E-state index in [-0.39, 0.29) is 5.91 Å². The molecule has 2 rings (SSSR count). The first-order valence-corrected chi connectivity index (χ1v) is 7.15. The quantitative estimate of drug-likeness (QED) is 0.895. The van der Waals surface area contributed by atoms with Crippen molar-refractivity contribution in [3.05, 3.63) is 34.9 Å². The zero-order valence-corrected chi connectivity index (χ0v) is 12.8. The number of carbonyl (C=O) groups is 1. The first kappa shape index (κ1) is 14.9. The molecule has 0 saturated carbocycles. The number of guanidine groups is 1. The van der Waals surface area contributed by atoms with E-state index in [9.17, 15) is 4.79 Å². The van der Waals surface area contributed by atoms with Crippen LogP contribution in [0.3, 0.4) is 0 Å². The monoisotopic (exact) mass is 293 g/mol. The molecule has 4 nitrogen and oxygen atoms in total. The van der Waals surface area contributed by atoms with Crippen LogP contribution in [-0.2, 0) is 11.2 Å². The van der Waals surface area contributed by atoms with Gasteiger partial charge < -0.3 is 5.32 Å². The lowest BCUT2D eigenvalue weighted by Gasteiger charge is -2.21. The van der Waals surface area contributed by atoms with Crippen molar-refractivity contribution in [3.8, 4) is 0 Å². The highest BCUT2D eigenvalue weighted by atomic mass is 35.5. The van der Waals surface area contributed by atoms with Gasteiger partial charge in [-0.3, -0.25) is 15.1 Å². The van der Waals surface area contributed by atoms with E-state index in [2.05, 4.69) is 29.5 Å². The first-order valence-electron chi connectivity index (χ1n) is 6.77. The summed E-state index contributed by atoms with van der Waals surface area (Å²) in [6, 6.07) is 7.54. The van der Waals surface area contributed by atoms with Gasteiger partial charge in [0.25, 0.3) is 5.91 Å². The van der Waals surface area contributed by atoms with E-state index in [1.165, 1.54) is 0 Å². The summed E-state index contributed by atoms with van der Waals surface area (Å²) in [5, 5.41) is 6.69. The standard InChI is InChI=1S/C15H20ClN3O/c1-10(2)9-17-14-18-13(20)15(3,19-14)8-11-4-6-12(16)7-5-11/h4-7,10H,8-9H2,1-3H3,(H2,17,18,19,20). The van der Waals surface area contributed by atoms with Crippen LogP contribution in [0.1, 0.15) is 26.3 Å². The fourth-order valence-corrected chi connectivity index (χ4v) is 2.21. The maximum atomic E-state index is 12.1. The Morgan fingerprint density at radius 1 is 1.30 bits per heavy atom. The first-order chi connectivity index (χ1) is 9.39. The van der Waals surface area contributed by atoms with Gasteiger partial charge in [-0.2, -0.15) is 0 Å². The lowest BCUT2D eigenvalue weighted by atomic mass is 9.93. The molecule has 0 spiro atoms. The van der Waals surface area contributed by atoms with Crippen LogP contribution < -0.4 is 10.6 Å². The second-order valence-corrected chi connectivity index (χ2v) is 6.23. The lowest BCUT2D eigenvalue weighted by molar-refractivity contribution is -0.123. The predicted octanol–water partition coefficient (Wildman–Crippen LogP) is 2.37. The summed E-state index contributed by atoms with van der Waals surface area (Å²) in [5.41, 5.74) is 0.397. The molecule has 2 N–H and O–H groups in total. The third kappa shape index (κ3) is 3.51. The number of amides is 1. The fourth-order valence-electron chi connectivity index (χ4n) is 2.08. The number of halogens is 1. The topological polar surface area (TPSA) is 53.5 Å². The minimum absolute atomic E-state index is 0.0463. The Kier molecular flexibility index (Phi) is 4.33. The molecule has 1 aromatic rings. The van der Waals surface area contributed by atoms with Gasteiger partial charge in [-0.15, -0.1) is 0 Å². The summed E-state index contributed by atoms with van der Waals surface area (Å²) in [5.74, 6) is 0.986. The molecule has 0 bridgehead atoms. The highest BCUT2D eigenvalue weighted by molar-refractivity contribution is 6.30. The van der Waals surface area contributed by atoms with Gasteiger partial charge in [0, 0.05) is 18.0 Å². The van der Waals surface area contributed by atoms with E-state index in [1.807, 2.05) is 31.2 Å². The molecular formula is C15H20ClN3O. The normalized spacial score (nSPS) is 24.1. The molecule has 5 heteroatoms. The van der Waals surface area contributed by atoms with E-state index in [0.29, 0.717) is 29.9 Å². The van der Waals surface area contributed by atoms with Crippen molar-refractivity contribution in [1.82, 2.24) is 10.6 Å². The smallest absolute Gasteiger partial charge is 0.252 e. The summed E-state index contributed by atoms with van der Waals surface area (Å²) < 4.78 is 0. The second-order valence-electron chi connectivity index (χ2n) is 5.80. The number of carbonyl (C=O) groups excluding carboxylic acids is 1. The van der Waals surface area contributed by atoms with Gasteiger partial charge in [-0.1, -0.05) is 37.6 Å². The number of hydrogen-bond donors (Lipinski definition) is 2. The van der Waals surface area contributed by atoms with E-state index < -0.39 is 5.54 Å². The van der Waals surface area contributed by atoms with Crippen molar-refractivity contribution in [3.63, 3.8) is 0 Å². The fraction of sp³-hybridized carbons (Fsp3) is 0.467.